The lowest BCUT2D eigenvalue weighted by Gasteiger charge is -2.36. The lowest BCUT2D eigenvalue weighted by molar-refractivity contribution is 0.147. The van der Waals surface area contributed by atoms with Crippen molar-refractivity contribution in [2.45, 2.75) is 31.5 Å². The number of aromatic nitrogens is 4. The molecule has 2 aliphatic rings. The molecular weight excluding hydrogens is 300 g/mol. The number of hydrogen-bond donors (Lipinski definition) is 1. The second kappa shape index (κ2) is 5.95. The summed E-state index contributed by atoms with van der Waals surface area (Å²) in [6.07, 6.45) is 2.38. The first-order valence-corrected chi connectivity index (χ1v) is 8.16. The number of rotatable bonds is 4. The molecule has 0 amide bonds. The van der Waals surface area contributed by atoms with Crippen LogP contribution in [0.4, 0.5) is 0 Å². The summed E-state index contributed by atoms with van der Waals surface area (Å²) in [7, 11) is 0. The molecule has 6 nitrogen and oxygen atoms in total. The fourth-order valence-corrected chi connectivity index (χ4v) is 3.35. The van der Waals surface area contributed by atoms with Gasteiger partial charge in [0.15, 0.2) is 5.82 Å². The normalized spacial score (nSPS) is 22.9. The molecule has 1 aromatic heterocycles. The highest BCUT2D eigenvalue weighted by Crippen LogP contribution is 2.35. The smallest absolute Gasteiger partial charge is 0.165 e. The molecule has 2 fully saturated rings. The Kier molecular flexibility index (Phi) is 3.82. The van der Waals surface area contributed by atoms with Gasteiger partial charge < -0.3 is 5.32 Å². The third kappa shape index (κ3) is 2.74. The van der Waals surface area contributed by atoms with Gasteiger partial charge in [-0.2, -0.15) is 0 Å². The maximum Gasteiger partial charge on any atom is 0.165 e. The predicted molar refractivity (Wildman–Crippen MR) is 83.6 cm³/mol. The van der Waals surface area contributed by atoms with Gasteiger partial charge in [0.25, 0.3) is 0 Å². The minimum Gasteiger partial charge on any atom is -0.314 e. The molecule has 0 spiro atoms. The van der Waals surface area contributed by atoms with Gasteiger partial charge in [-0.25, -0.2) is 4.68 Å². The molecule has 1 aliphatic heterocycles. The second-order valence-electron chi connectivity index (χ2n) is 5.98. The number of benzene rings is 1. The van der Waals surface area contributed by atoms with Gasteiger partial charge in [-0.1, -0.05) is 29.8 Å². The van der Waals surface area contributed by atoms with Crippen molar-refractivity contribution in [2.24, 2.45) is 0 Å². The third-order valence-electron chi connectivity index (χ3n) is 4.42. The molecule has 22 heavy (non-hydrogen) atoms. The molecule has 1 aromatic carbocycles. The monoisotopic (exact) mass is 318 g/mol. The average Bonchev–Trinajstić information content (AvgIpc) is 3.29. The summed E-state index contributed by atoms with van der Waals surface area (Å²) < 4.78 is 1.99. The van der Waals surface area contributed by atoms with Crippen molar-refractivity contribution < 1.29 is 0 Å². The van der Waals surface area contributed by atoms with Crippen molar-refractivity contribution >= 4 is 11.6 Å². The SMILES string of the molecule is Clc1ccccc1C1CNCCN1Cc1nnnn1C1CC1. The first-order valence-electron chi connectivity index (χ1n) is 7.79. The highest BCUT2D eigenvalue weighted by molar-refractivity contribution is 6.31. The van der Waals surface area contributed by atoms with Crippen LogP contribution in [0, 0.1) is 0 Å². The first kappa shape index (κ1) is 14.1. The summed E-state index contributed by atoms with van der Waals surface area (Å²) in [4.78, 5) is 2.42. The van der Waals surface area contributed by atoms with Crippen LogP contribution in [-0.2, 0) is 6.54 Å². The van der Waals surface area contributed by atoms with Crippen LogP contribution in [-0.4, -0.2) is 44.7 Å². The summed E-state index contributed by atoms with van der Waals surface area (Å²) in [6, 6.07) is 8.84. The minimum absolute atomic E-state index is 0.256. The zero-order valence-electron chi connectivity index (χ0n) is 12.3. The van der Waals surface area contributed by atoms with Crippen LogP contribution >= 0.6 is 11.6 Å². The van der Waals surface area contributed by atoms with Crippen LogP contribution in [0.2, 0.25) is 5.02 Å². The molecule has 1 N–H and O–H groups in total. The molecule has 1 atom stereocenters. The van der Waals surface area contributed by atoms with Crippen LogP contribution < -0.4 is 5.32 Å². The Bertz CT molecular complexity index is 653. The zero-order valence-corrected chi connectivity index (χ0v) is 13.1. The zero-order chi connectivity index (χ0) is 14.9. The van der Waals surface area contributed by atoms with E-state index in [-0.39, 0.29) is 6.04 Å². The Morgan fingerprint density at radius 2 is 2.14 bits per heavy atom. The number of nitrogens with one attached hydrogen (secondary N) is 1. The van der Waals surface area contributed by atoms with Crippen LogP contribution in [0.1, 0.15) is 36.3 Å². The summed E-state index contributed by atoms with van der Waals surface area (Å²) in [5, 5.41) is 16.5. The summed E-state index contributed by atoms with van der Waals surface area (Å²) in [5.74, 6) is 0.960. The van der Waals surface area contributed by atoms with Crippen LogP contribution in [0.5, 0.6) is 0 Å². The third-order valence-corrected chi connectivity index (χ3v) is 4.76. The van der Waals surface area contributed by atoms with E-state index < -0.39 is 0 Å². The Hall–Kier alpha value is -1.50. The molecule has 1 aliphatic carbocycles. The van der Waals surface area contributed by atoms with E-state index in [9.17, 15) is 0 Å². The van der Waals surface area contributed by atoms with E-state index in [0.717, 1.165) is 37.0 Å². The van der Waals surface area contributed by atoms with E-state index >= 15 is 0 Å². The Morgan fingerprint density at radius 1 is 1.27 bits per heavy atom. The standard InChI is InChI=1S/C15H19ClN6/c16-13-4-2-1-3-12(13)14-9-17-7-8-21(14)10-15-18-19-20-22(15)11-5-6-11/h1-4,11,14,17H,5-10H2. The van der Waals surface area contributed by atoms with Gasteiger partial charge in [-0.05, 0) is 34.9 Å². The van der Waals surface area contributed by atoms with Gasteiger partial charge in [0.1, 0.15) is 0 Å². The predicted octanol–water partition coefficient (Wildman–Crippen LogP) is 1.81. The summed E-state index contributed by atoms with van der Waals surface area (Å²) >= 11 is 6.40. The van der Waals surface area contributed by atoms with Crippen molar-refractivity contribution in [3.63, 3.8) is 0 Å². The fraction of sp³-hybridized carbons (Fsp3) is 0.533. The molecule has 0 radical (unpaired) electrons. The fourth-order valence-electron chi connectivity index (χ4n) is 3.09. The van der Waals surface area contributed by atoms with Crippen LogP contribution in [0.25, 0.3) is 0 Å². The Labute approximate surface area is 134 Å². The minimum atomic E-state index is 0.256. The molecule has 0 bridgehead atoms. The lowest BCUT2D eigenvalue weighted by atomic mass is 10.0. The Balaban J connectivity index is 1.58. The van der Waals surface area contributed by atoms with Crippen molar-refractivity contribution in [1.82, 2.24) is 30.4 Å². The van der Waals surface area contributed by atoms with Gasteiger partial charge in [-0.15, -0.1) is 5.10 Å². The van der Waals surface area contributed by atoms with Crippen molar-refractivity contribution in [2.75, 3.05) is 19.6 Å². The lowest BCUT2D eigenvalue weighted by Crippen LogP contribution is -2.46. The van der Waals surface area contributed by atoms with Gasteiger partial charge in [-0.3, -0.25) is 4.90 Å². The van der Waals surface area contributed by atoms with Gasteiger partial charge >= 0.3 is 0 Å². The highest BCUT2D eigenvalue weighted by atomic mass is 35.5. The quantitative estimate of drug-likeness (QED) is 0.931. The van der Waals surface area contributed by atoms with E-state index in [1.165, 1.54) is 18.4 Å². The van der Waals surface area contributed by atoms with Crippen molar-refractivity contribution in [3.05, 3.63) is 40.7 Å². The van der Waals surface area contributed by atoms with E-state index in [2.05, 4.69) is 31.8 Å². The number of piperazine rings is 1. The van der Waals surface area contributed by atoms with Crippen LogP contribution in [0.3, 0.4) is 0 Å². The first-order chi connectivity index (χ1) is 10.8. The van der Waals surface area contributed by atoms with E-state index in [1.807, 2.05) is 22.9 Å². The van der Waals surface area contributed by atoms with Gasteiger partial charge in [0.2, 0.25) is 0 Å². The van der Waals surface area contributed by atoms with Crippen molar-refractivity contribution in [3.8, 4) is 0 Å². The number of nitrogens with zero attached hydrogens (tertiary/aromatic N) is 5. The van der Waals surface area contributed by atoms with E-state index in [0.29, 0.717) is 6.04 Å². The highest BCUT2D eigenvalue weighted by Gasteiger charge is 2.31. The molecule has 1 saturated carbocycles. The van der Waals surface area contributed by atoms with Gasteiger partial charge in [0.05, 0.1) is 12.6 Å². The molecule has 2 aromatic rings. The summed E-state index contributed by atoms with van der Waals surface area (Å²) in [6.45, 7) is 3.61. The topological polar surface area (TPSA) is 58.9 Å². The maximum atomic E-state index is 6.40. The molecule has 4 rings (SSSR count). The average molecular weight is 319 g/mol. The largest absolute Gasteiger partial charge is 0.314 e. The van der Waals surface area contributed by atoms with E-state index in [1.54, 1.807) is 0 Å². The molecular formula is C15H19ClN6. The second-order valence-corrected chi connectivity index (χ2v) is 6.39. The number of tetrazole rings is 1. The Morgan fingerprint density at radius 3 is 2.95 bits per heavy atom. The molecule has 116 valence electrons. The maximum absolute atomic E-state index is 6.40. The van der Waals surface area contributed by atoms with Crippen LogP contribution in [0.15, 0.2) is 24.3 Å². The molecule has 1 unspecified atom stereocenters. The molecule has 7 heteroatoms. The molecule has 2 heterocycles. The number of halogens is 1. The number of hydrogen-bond acceptors (Lipinski definition) is 5. The summed E-state index contributed by atoms with van der Waals surface area (Å²) in [5.41, 5.74) is 1.17. The molecule has 1 saturated heterocycles. The van der Waals surface area contributed by atoms with Crippen molar-refractivity contribution in [1.29, 1.82) is 0 Å². The van der Waals surface area contributed by atoms with Gasteiger partial charge in [0, 0.05) is 30.7 Å². The van der Waals surface area contributed by atoms with E-state index in [4.69, 9.17) is 11.6 Å².